The molecule has 2 aromatic rings. The second kappa shape index (κ2) is 5.83. The Morgan fingerprint density at radius 3 is 2.74 bits per heavy atom. The molecule has 5 nitrogen and oxygen atoms in total. The largest absolute Gasteiger partial charge is 0.493 e. The third kappa shape index (κ3) is 2.99. The molecule has 0 saturated carbocycles. The summed E-state index contributed by atoms with van der Waals surface area (Å²) >= 11 is 0. The molecule has 0 bridgehead atoms. The topological polar surface area (TPSA) is 68.0 Å². The van der Waals surface area contributed by atoms with Crippen molar-refractivity contribution >= 4 is 0 Å². The van der Waals surface area contributed by atoms with E-state index in [9.17, 15) is 0 Å². The van der Waals surface area contributed by atoms with Crippen molar-refractivity contribution in [2.45, 2.75) is 13.0 Å². The summed E-state index contributed by atoms with van der Waals surface area (Å²) < 4.78 is 11.0. The zero-order chi connectivity index (χ0) is 13.7. The van der Waals surface area contributed by atoms with Crippen LogP contribution in [0.3, 0.4) is 0 Å². The minimum Gasteiger partial charge on any atom is -0.493 e. The maximum absolute atomic E-state index is 8.84. The lowest BCUT2D eigenvalue weighted by Crippen LogP contribution is -2.06. The molecule has 1 unspecified atom stereocenters. The van der Waals surface area contributed by atoms with Gasteiger partial charge in [0.1, 0.15) is 6.10 Å². The third-order valence-electron chi connectivity index (χ3n) is 2.60. The molecule has 2 rings (SSSR count). The van der Waals surface area contributed by atoms with Gasteiger partial charge in [0.15, 0.2) is 11.5 Å². The monoisotopic (exact) mass is 255 g/mol. The van der Waals surface area contributed by atoms with E-state index in [1.807, 2.05) is 6.92 Å². The molecule has 1 aromatic heterocycles. The van der Waals surface area contributed by atoms with Crippen molar-refractivity contribution < 1.29 is 9.47 Å². The average Bonchev–Trinajstić information content (AvgIpc) is 2.48. The predicted molar refractivity (Wildman–Crippen MR) is 68.8 cm³/mol. The van der Waals surface area contributed by atoms with Gasteiger partial charge in [0.2, 0.25) is 0 Å². The van der Waals surface area contributed by atoms with Crippen molar-refractivity contribution in [1.29, 1.82) is 5.26 Å². The van der Waals surface area contributed by atoms with Crippen LogP contribution in [-0.2, 0) is 0 Å². The molecular weight excluding hydrogens is 242 g/mol. The van der Waals surface area contributed by atoms with Gasteiger partial charge in [0.05, 0.1) is 30.6 Å². The molecule has 0 N–H and O–H groups in total. The number of methoxy groups -OCH3 is 1. The second-order valence-corrected chi connectivity index (χ2v) is 3.87. The maximum Gasteiger partial charge on any atom is 0.162 e. The number of ether oxygens (including phenoxy) is 2. The molecule has 1 heterocycles. The molecule has 0 saturated heterocycles. The van der Waals surface area contributed by atoms with Gasteiger partial charge in [-0.05, 0) is 19.1 Å². The Morgan fingerprint density at radius 1 is 1.26 bits per heavy atom. The van der Waals surface area contributed by atoms with Crippen molar-refractivity contribution in [2.75, 3.05) is 7.11 Å². The van der Waals surface area contributed by atoms with Crippen molar-refractivity contribution in [1.82, 2.24) is 9.97 Å². The van der Waals surface area contributed by atoms with Gasteiger partial charge in [-0.2, -0.15) is 5.26 Å². The summed E-state index contributed by atoms with van der Waals surface area (Å²) in [6, 6.07) is 7.09. The van der Waals surface area contributed by atoms with E-state index in [-0.39, 0.29) is 6.10 Å². The van der Waals surface area contributed by atoms with E-state index >= 15 is 0 Å². The fourth-order valence-electron chi connectivity index (χ4n) is 1.61. The van der Waals surface area contributed by atoms with Crippen LogP contribution in [0, 0.1) is 11.3 Å². The average molecular weight is 255 g/mol. The molecule has 1 aromatic carbocycles. The van der Waals surface area contributed by atoms with E-state index in [0.29, 0.717) is 17.1 Å². The van der Waals surface area contributed by atoms with Crippen LogP contribution in [0.5, 0.6) is 11.5 Å². The summed E-state index contributed by atoms with van der Waals surface area (Å²) in [4.78, 5) is 8.18. The molecule has 0 radical (unpaired) electrons. The van der Waals surface area contributed by atoms with Crippen LogP contribution in [0.2, 0.25) is 0 Å². The van der Waals surface area contributed by atoms with Crippen LogP contribution < -0.4 is 9.47 Å². The van der Waals surface area contributed by atoms with Crippen molar-refractivity contribution in [3.8, 4) is 17.6 Å². The molecular formula is C14H13N3O2. The minimum atomic E-state index is -0.254. The number of benzene rings is 1. The first-order valence-electron chi connectivity index (χ1n) is 5.75. The number of aromatic nitrogens is 2. The first kappa shape index (κ1) is 12.8. The highest BCUT2D eigenvalue weighted by atomic mass is 16.5. The molecule has 19 heavy (non-hydrogen) atoms. The molecule has 0 aliphatic rings. The van der Waals surface area contributed by atoms with Crippen LogP contribution in [0.4, 0.5) is 0 Å². The van der Waals surface area contributed by atoms with Gasteiger partial charge < -0.3 is 9.47 Å². The molecule has 0 aliphatic heterocycles. The molecule has 5 heteroatoms. The predicted octanol–water partition coefficient (Wildman–Crippen LogP) is 2.50. The van der Waals surface area contributed by atoms with Crippen LogP contribution in [0.15, 0.2) is 36.8 Å². The normalized spacial score (nSPS) is 11.4. The van der Waals surface area contributed by atoms with E-state index in [1.165, 1.54) is 7.11 Å². The van der Waals surface area contributed by atoms with Gasteiger partial charge in [0.25, 0.3) is 0 Å². The Labute approximate surface area is 111 Å². The summed E-state index contributed by atoms with van der Waals surface area (Å²) in [6.45, 7) is 1.88. The quantitative estimate of drug-likeness (QED) is 0.839. The highest BCUT2D eigenvalue weighted by Gasteiger charge is 2.12. The van der Waals surface area contributed by atoms with Crippen LogP contribution >= 0.6 is 0 Å². The lowest BCUT2D eigenvalue weighted by atomic mass is 10.2. The van der Waals surface area contributed by atoms with E-state index in [4.69, 9.17) is 14.7 Å². The molecule has 0 fully saturated rings. The standard InChI is InChI=1S/C14H13N3O2/c1-10(12-9-16-5-6-17-12)19-13-4-3-11(8-15)7-14(13)18-2/h3-7,9-10H,1-2H3. The van der Waals surface area contributed by atoms with E-state index < -0.39 is 0 Å². The number of hydrogen-bond acceptors (Lipinski definition) is 5. The van der Waals surface area contributed by atoms with E-state index in [2.05, 4.69) is 16.0 Å². The maximum atomic E-state index is 8.84. The Balaban J connectivity index is 2.22. The first-order chi connectivity index (χ1) is 9.24. The SMILES string of the molecule is COc1cc(C#N)ccc1OC(C)c1cnccn1. The molecule has 0 spiro atoms. The van der Waals surface area contributed by atoms with Crippen molar-refractivity contribution in [2.24, 2.45) is 0 Å². The zero-order valence-electron chi connectivity index (χ0n) is 10.7. The van der Waals surface area contributed by atoms with Crippen molar-refractivity contribution in [3.05, 3.63) is 48.0 Å². The van der Waals surface area contributed by atoms with Crippen LogP contribution in [0.1, 0.15) is 24.3 Å². The number of nitrogens with zero attached hydrogens (tertiary/aromatic N) is 3. The summed E-state index contributed by atoms with van der Waals surface area (Å²) in [7, 11) is 1.54. The van der Waals surface area contributed by atoms with Crippen molar-refractivity contribution in [3.63, 3.8) is 0 Å². The van der Waals surface area contributed by atoms with E-state index in [1.54, 1.807) is 36.8 Å². The lowest BCUT2D eigenvalue weighted by Gasteiger charge is -2.16. The van der Waals surface area contributed by atoms with Gasteiger partial charge in [-0.15, -0.1) is 0 Å². The van der Waals surface area contributed by atoms with Gasteiger partial charge in [-0.25, -0.2) is 0 Å². The minimum absolute atomic E-state index is 0.254. The number of nitriles is 1. The van der Waals surface area contributed by atoms with Crippen LogP contribution in [0.25, 0.3) is 0 Å². The fraction of sp³-hybridized carbons (Fsp3) is 0.214. The molecule has 1 atom stereocenters. The Hall–Kier alpha value is -2.61. The number of hydrogen-bond donors (Lipinski definition) is 0. The Morgan fingerprint density at radius 2 is 2.11 bits per heavy atom. The summed E-state index contributed by atoms with van der Waals surface area (Å²) in [5, 5.41) is 8.84. The zero-order valence-corrected chi connectivity index (χ0v) is 10.7. The van der Waals surface area contributed by atoms with Gasteiger partial charge in [-0.3, -0.25) is 9.97 Å². The van der Waals surface area contributed by atoms with Crippen LogP contribution in [-0.4, -0.2) is 17.1 Å². The molecule has 0 amide bonds. The lowest BCUT2D eigenvalue weighted by molar-refractivity contribution is 0.211. The highest BCUT2D eigenvalue weighted by molar-refractivity contribution is 5.46. The Kier molecular flexibility index (Phi) is 3.94. The van der Waals surface area contributed by atoms with Gasteiger partial charge in [0, 0.05) is 18.5 Å². The number of rotatable bonds is 4. The Bertz CT molecular complexity index is 593. The smallest absolute Gasteiger partial charge is 0.162 e. The molecule has 96 valence electrons. The summed E-state index contributed by atoms with van der Waals surface area (Å²) in [5.74, 6) is 1.09. The van der Waals surface area contributed by atoms with Gasteiger partial charge >= 0.3 is 0 Å². The van der Waals surface area contributed by atoms with E-state index in [0.717, 1.165) is 5.69 Å². The fourth-order valence-corrected chi connectivity index (χ4v) is 1.61. The van der Waals surface area contributed by atoms with Gasteiger partial charge in [-0.1, -0.05) is 0 Å². The first-order valence-corrected chi connectivity index (χ1v) is 5.75. The second-order valence-electron chi connectivity index (χ2n) is 3.87. The third-order valence-corrected chi connectivity index (χ3v) is 2.60. The highest BCUT2D eigenvalue weighted by Crippen LogP contribution is 2.31. The molecule has 0 aliphatic carbocycles. The summed E-state index contributed by atoms with van der Waals surface area (Å²) in [5.41, 5.74) is 1.25. The summed E-state index contributed by atoms with van der Waals surface area (Å²) in [6.07, 6.45) is 4.63.